The minimum Gasteiger partial charge on any atom is -0.356 e. The molecule has 2 aromatic rings. The van der Waals surface area contributed by atoms with Gasteiger partial charge in [-0.1, -0.05) is 23.9 Å². The van der Waals surface area contributed by atoms with Gasteiger partial charge in [0, 0.05) is 57.1 Å². The normalized spacial score (nSPS) is 10.9. The number of nitrogens with one attached hydrogen (secondary N) is 2. The number of carbonyl (C=O) groups is 1. The molecule has 6 nitrogen and oxygen atoms in total. The third-order valence-corrected chi connectivity index (χ3v) is 5.59. The number of hydrogen-bond donors (Lipinski definition) is 2. The summed E-state index contributed by atoms with van der Waals surface area (Å²) in [4.78, 5) is 22.0. The Hall–Kier alpha value is -1.33. The van der Waals surface area contributed by atoms with Gasteiger partial charge in [0.1, 0.15) is 4.34 Å². The second kappa shape index (κ2) is 12.9. The zero-order valence-corrected chi connectivity index (χ0v) is 19.7. The fourth-order valence-corrected chi connectivity index (χ4v) is 3.80. The molecule has 2 rings (SSSR count). The number of aliphatic imine (C=N–C) groups is 1. The fraction of sp³-hybridized carbons (Fsp3) is 0.389. The Kier molecular flexibility index (Phi) is 11.4. The maximum absolute atomic E-state index is 11.9. The van der Waals surface area contributed by atoms with Crippen LogP contribution in [0, 0.1) is 0 Å². The van der Waals surface area contributed by atoms with Crippen molar-refractivity contribution >= 4 is 58.9 Å². The summed E-state index contributed by atoms with van der Waals surface area (Å²) < 4.78 is 1.11. The van der Waals surface area contributed by atoms with Crippen LogP contribution in [-0.4, -0.2) is 55.2 Å². The molecule has 0 radical (unpaired) electrons. The molecule has 1 aromatic carbocycles. The first kappa shape index (κ1) is 23.7. The van der Waals surface area contributed by atoms with Gasteiger partial charge in [-0.2, -0.15) is 0 Å². The van der Waals surface area contributed by atoms with E-state index in [-0.39, 0.29) is 29.9 Å². The number of hydrogen-bond acceptors (Lipinski definition) is 5. The van der Waals surface area contributed by atoms with Crippen LogP contribution >= 0.6 is 47.1 Å². The number of nitrogens with zero attached hydrogens (tertiary/aromatic N) is 3. The molecule has 0 saturated heterocycles. The second-order valence-corrected chi connectivity index (χ2v) is 7.99. The average molecular weight is 519 g/mol. The smallest absolute Gasteiger partial charge is 0.253 e. The molecule has 1 amide bonds. The summed E-state index contributed by atoms with van der Waals surface area (Å²) in [6, 6.07) is 7.63. The summed E-state index contributed by atoms with van der Waals surface area (Å²) in [5.41, 5.74) is 1.79. The number of rotatable bonds is 8. The Bertz CT molecular complexity index is 705. The zero-order chi connectivity index (χ0) is 18.8. The number of thiazole rings is 1. The molecule has 27 heavy (non-hydrogen) atoms. The number of guanidine groups is 1. The predicted molar refractivity (Wildman–Crippen MR) is 126 cm³/mol. The van der Waals surface area contributed by atoms with Gasteiger partial charge in [0.15, 0.2) is 5.96 Å². The molecular weight excluding hydrogens is 493 g/mol. The summed E-state index contributed by atoms with van der Waals surface area (Å²) in [7, 11) is 5.27. The van der Waals surface area contributed by atoms with Crippen molar-refractivity contribution < 1.29 is 4.79 Å². The molecule has 9 heteroatoms. The number of halogens is 1. The topological polar surface area (TPSA) is 69.6 Å². The second-order valence-electron chi connectivity index (χ2n) is 5.75. The molecular formula is C18H26IN5OS2. The first-order chi connectivity index (χ1) is 12.6. The van der Waals surface area contributed by atoms with E-state index in [1.54, 1.807) is 49.1 Å². The van der Waals surface area contributed by atoms with Gasteiger partial charge >= 0.3 is 0 Å². The Labute approximate surface area is 186 Å². The van der Waals surface area contributed by atoms with Crippen LogP contribution in [0.25, 0.3) is 0 Å². The predicted octanol–water partition coefficient (Wildman–Crippen LogP) is 3.31. The van der Waals surface area contributed by atoms with Gasteiger partial charge in [-0.05, 0) is 24.1 Å². The van der Waals surface area contributed by atoms with E-state index in [1.807, 2.05) is 35.8 Å². The number of benzene rings is 1. The van der Waals surface area contributed by atoms with E-state index in [4.69, 9.17) is 0 Å². The highest BCUT2D eigenvalue weighted by Crippen LogP contribution is 2.20. The summed E-state index contributed by atoms with van der Waals surface area (Å²) in [6.07, 6.45) is 2.87. The summed E-state index contributed by atoms with van der Waals surface area (Å²) in [5.74, 6) is 1.81. The first-order valence-electron chi connectivity index (χ1n) is 8.37. The van der Waals surface area contributed by atoms with Crippen molar-refractivity contribution in [1.29, 1.82) is 0 Å². The molecule has 0 atom stereocenters. The van der Waals surface area contributed by atoms with E-state index < -0.39 is 0 Å². The van der Waals surface area contributed by atoms with Crippen LogP contribution in [0.3, 0.4) is 0 Å². The minimum absolute atomic E-state index is 0. The molecule has 1 heterocycles. The molecule has 0 aliphatic heterocycles. The molecule has 0 spiro atoms. The van der Waals surface area contributed by atoms with E-state index in [0.717, 1.165) is 34.6 Å². The molecule has 0 unspecified atom stereocenters. The lowest BCUT2D eigenvalue weighted by Gasteiger charge is -2.13. The SMILES string of the molecule is CN=C(NCCCSc1nccs1)NCc1ccc(C(=O)N(C)C)cc1.I. The largest absolute Gasteiger partial charge is 0.356 e. The summed E-state index contributed by atoms with van der Waals surface area (Å²) in [6.45, 7) is 1.51. The van der Waals surface area contributed by atoms with Crippen LogP contribution in [0.4, 0.5) is 0 Å². The molecule has 0 bridgehead atoms. The van der Waals surface area contributed by atoms with Gasteiger partial charge in [-0.25, -0.2) is 4.98 Å². The van der Waals surface area contributed by atoms with E-state index in [9.17, 15) is 4.79 Å². The number of carbonyl (C=O) groups excluding carboxylic acids is 1. The zero-order valence-electron chi connectivity index (χ0n) is 15.8. The van der Waals surface area contributed by atoms with Crippen LogP contribution in [-0.2, 0) is 6.54 Å². The highest BCUT2D eigenvalue weighted by Gasteiger charge is 2.07. The van der Waals surface area contributed by atoms with Gasteiger partial charge in [0.2, 0.25) is 0 Å². The maximum Gasteiger partial charge on any atom is 0.253 e. The van der Waals surface area contributed by atoms with Crippen LogP contribution in [0.5, 0.6) is 0 Å². The third kappa shape index (κ3) is 8.48. The van der Waals surface area contributed by atoms with E-state index in [0.29, 0.717) is 12.1 Å². The molecule has 1 aromatic heterocycles. The highest BCUT2D eigenvalue weighted by atomic mass is 127. The maximum atomic E-state index is 11.9. The van der Waals surface area contributed by atoms with Gasteiger partial charge in [0.05, 0.1) is 0 Å². The van der Waals surface area contributed by atoms with Crippen molar-refractivity contribution in [3.8, 4) is 0 Å². The van der Waals surface area contributed by atoms with Crippen LogP contribution in [0.15, 0.2) is 45.2 Å². The molecule has 0 saturated carbocycles. The molecule has 0 aliphatic rings. The summed E-state index contributed by atoms with van der Waals surface area (Å²) in [5, 5.41) is 8.60. The van der Waals surface area contributed by atoms with Crippen molar-refractivity contribution in [1.82, 2.24) is 20.5 Å². The van der Waals surface area contributed by atoms with Crippen molar-refractivity contribution in [2.24, 2.45) is 4.99 Å². The number of amides is 1. The Morgan fingerprint density at radius 3 is 2.59 bits per heavy atom. The molecule has 148 valence electrons. The fourth-order valence-electron chi connectivity index (χ4n) is 2.15. The first-order valence-corrected chi connectivity index (χ1v) is 10.2. The van der Waals surface area contributed by atoms with E-state index in [2.05, 4.69) is 20.6 Å². The van der Waals surface area contributed by atoms with Crippen molar-refractivity contribution in [3.63, 3.8) is 0 Å². The highest BCUT2D eigenvalue weighted by molar-refractivity contribution is 14.0. The van der Waals surface area contributed by atoms with Crippen LogP contribution in [0.1, 0.15) is 22.3 Å². The van der Waals surface area contributed by atoms with Crippen molar-refractivity contribution in [2.45, 2.75) is 17.3 Å². The van der Waals surface area contributed by atoms with Gasteiger partial charge in [-0.3, -0.25) is 9.79 Å². The van der Waals surface area contributed by atoms with Gasteiger partial charge in [-0.15, -0.1) is 35.3 Å². The van der Waals surface area contributed by atoms with E-state index in [1.165, 1.54) is 0 Å². The Balaban J connectivity index is 0.00000364. The number of thioether (sulfide) groups is 1. The monoisotopic (exact) mass is 519 g/mol. The minimum atomic E-state index is 0. The van der Waals surface area contributed by atoms with Crippen LogP contribution in [0.2, 0.25) is 0 Å². The van der Waals surface area contributed by atoms with E-state index >= 15 is 0 Å². The summed E-state index contributed by atoms with van der Waals surface area (Å²) >= 11 is 3.45. The molecule has 0 fully saturated rings. The standard InChI is InChI=1S/C18H25N5OS2.HI/c1-19-17(20-9-4-11-25-18-21-10-12-26-18)22-13-14-5-7-15(8-6-14)16(24)23(2)3;/h5-8,10,12H,4,9,11,13H2,1-3H3,(H2,19,20,22);1H. The number of aromatic nitrogens is 1. The third-order valence-electron chi connectivity index (χ3n) is 3.54. The lowest BCUT2D eigenvalue weighted by Crippen LogP contribution is -2.37. The quantitative estimate of drug-likeness (QED) is 0.184. The van der Waals surface area contributed by atoms with Crippen molar-refractivity contribution in [3.05, 3.63) is 47.0 Å². The van der Waals surface area contributed by atoms with Crippen LogP contribution < -0.4 is 10.6 Å². The Morgan fingerprint density at radius 2 is 2.00 bits per heavy atom. The van der Waals surface area contributed by atoms with Gasteiger partial charge in [0.25, 0.3) is 5.91 Å². The van der Waals surface area contributed by atoms with Gasteiger partial charge < -0.3 is 15.5 Å². The lowest BCUT2D eigenvalue weighted by atomic mass is 10.1. The Morgan fingerprint density at radius 1 is 1.26 bits per heavy atom. The van der Waals surface area contributed by atoms with Crippen molar-refractivity contribution in [2.75, 3.05) is 33.4 Å². The molecule has 2 N–H and O–H groups in total. The average Bonchev–Trinajstić information content (AvgIpc) is 3.17. The lowest BCUT2D eigenvalue weighted by molar-refractivity contribution is 0.0827. The molecule has 0 aliphatic carbocycles.